The molecule has 1 unspecified atom stereocenters. The van der Waals surface area contributed by atoms with Gasteiger partial charge in [0.25, 0.3) is 0 Å². The molecule has 1 aromatic carbocycles. The summed E-state index contributed by atoms with van der Waals surface area (Å²) >= 11 is 4.93. The van der Waals surface area contributed by atoms with Gasteiger partial charge in [-0.25, -0.2) is 4.79 Å². The Morgan fingerprint density at radius 2 is 2.12 bits per heavy atom. The molecule has 0 saturated heterocycles. The van der Waals surface area contributed by atoms with Gasteiger partial charge in [0.2, 0.25) is 0 Å². The quantitative estimate of drug-likeness (QED) is 0.914. The summed E-state index contributed by atoms with van der Waals surface area (Å²) in [6.45, 7) is 0. The summed E-state index contributed by atoms with van der Waals surface area (Å²) in [7, 11) is 0. The molecule has 2 aromatic rings. The van der Waals surface area contributed by atoms with Crippen LogP contribution in [0.2, 0.25) is 0 Å². The summed E-state index contributed by atoms with van der Waals surface area (Å²) in [5.74, 6) is -0.939. The van der Waals surface area contributed by atoms with Gasteiger partial charge in [-0.05, 0) is 45.8 Å². The van der Waals surface area contributed by atoms with Crippen molar-refractivity contribution in [3.05, 3.63) is 56.2 Å². The van der Waals surface area contributed by atoms with Crippen molar-refractivity contribution in [1.29, 1.82) is 0 Å². The minimum absolute atomic E-state index is 0.258. The maximum absolute atomic E-state index is 10.9. The summed E-state index contributed by atoms with van der Waals surface area (Å²) in [5.41, 5.74) is 7.16. The van der Waals surface area contributed by atoms with Gasteiger partial charge in [-0.2, -0.15) is 0 Å². The minimum atomic E-state index is -0.939. The molecular formula is C12H10BrNO2S. The molecule has 1 atom stereocenters. The van der Waals surface area contributed by atoms with Crippen molar-refractivity contribution < 1.29 is 9.90 Å². The van der Waals surface area contributed by atoms with Crippen LogP contribution >= 0.6 is 27.3 Å². The fraction of sp³-hybridized carbons (Fsp3) is 0.0833. The Morgan fingerprint density at radius 1 is 1.35 bits per heavy atom. The smallest absolute Gasteiger partial charge is 0.335 e. The third-order valence-corrected chi connectivity index (χ3v) is 4.10. The zero-order valence-electron chi connectivity index (χ0n) is 8.76. The van der Waals surface area contributed by atoms with Gasteiger partial charge in [-0.15, -0.1) is 11.3 Å². The van der Waals surface area contributed by atoms with E-state index in [1.165, 1.54) is 0 Å². The number of carboxylic acids is 1. The van der Waals surface area contributed by atoms with Crippen LogP contribution in [-0.4, -0.2) is 11.1 Å². The lowest BCUT2D eigenvalue weighted by molar-refractivity contribution is 0.0697. The lowest BCUT2D eigenvalue weighted by Gasteiger charge is -2.10. The van der Waals surface area contributed by atoms with E-state index in [0.29, 0.717) is 0 Å². The molecule has 3 N–H and O–H groups in total. The Balaban J connectivity index is 2.33. The van der Waals surface area contributed by atoms with Crippen molar-refractivity contribution in [2.24, 2.45) is 5.73 Å². The van der Waals surface area contributed by atoms with Crippen molar-refractivity contribution >= 4 is 33.2 Å². The van der Waals surface area contributed by atoms with E-state index in [2.05, 4.69) is 15.9 Å². The number of carboxylic acid groups (broad SMARTS) is 1. The lowest BCUT2D eigenvalue weighted by Crippen LogP contribution is -2.11. The topological polar surface area (TPSA) is 63.3 Å². The van der Waals surface area contributed by atoms with E-state index >= 15 is 0 Å². The van der Waals surface area contributed by atoms with Gasteiger partial charge in [0.1, 0.15) is 0 Å². The van der Waals surface area contributed by atoms with Crippen LogP contribution in [0.1, 0.15) is 26.8 Å². The number of rotatable bonds is 3. The van der Waals surface area contributed by atoms with Crippen LogP contribution in [-0.2, 0) is 0 Å². The monoisotopic (exact) mass is 311 g/mol. The molecule has 2 rings (SSSR count). The van der Waals surface area contributed by atoms with E-state index in [-0.39, 0.29) is 11.6 Å². The summed E-state index contributed by atoms with van der Waals surface area (Å²) in [5, 5.41) is 8.92. The van der Waals surface area contributed by atoms with Crippen LogP contribution in [0.3, 0.4) is 0 Å². The normalized spacial score (nSPS) is 12.4. The average molecular weight is 312 g/mol. The first-order valence-electron chi connectivity index (χ1n) is 4.92. The van der Waals surface area contributed by atoms with Crippen LogP contribution in [0.5, 0.6) is 0 Å². The van der Waals surface area contributed by atoms with Gasteiger partial charge in [-0.3, -0.25) is 0 Å². The fourth-order valence-corrected chi connectivity index (χ4v) is 2.98. The summed E-state index contributed by atoms with van der Waals surface area (Å²) in [6.07, 6.45) is 0. The minimum Gasteiger partial charge on any atom is -0.478 e. The Morgan fingerprint density at radius 3 is 2.71 bits per heavy atom. The molecule has 0 aliphatic heterocycles. The Bertz CT molecular complexity index is 553. The number of aromatic carboxylic acids is 1. The van der Waals surface area contributed by atoms with Crippen LogP contribution in [0.4, 0.5) is 0 Å². The maximum atomic E-state index is 10.9. The Hall–Kier alpha value is -1.17. The van der Waals surface area contributed by atoms with Gasteiger partial charge in [-0.1, -0.05) is 12.1 Å². The molecule has 0 radical (unpaired) electrons. The maximum Gasteiger partial charge on any atom is 0.335 e. The van der Waals surface area contributed by atoms with Crippen LogP contribution in [0.15, 0.2) is 40.2 Å². The average Bonchev–Trinajstić information content (AvgIpc) is 2.75. The molecule has 3 nitrogen and oxygen atoms in total. The van der Waals surface area contributed by atoms with Crippen LogP contribution in [0, 0.1) is 0 Å². The molecule has 5 heteroatoms. The van der Waals surface area contributed by atoms with Gasteiger partial charge >= 0.3 is 5.97 Å². The molecule has 0 aliphatic carbocycles. The van der Waals surface area contributed by atoms with Crippen molar-refractivity contribution in [2.45, 2.75) is 6.04 Å². The molecule has 0 fully saturated rings. The second-order valence-electron chi connectivity index (χ2n) is 3.55. The number of hydrogen-bond acceptors (Lipinski definition) is 3. The molecule has 88 valence electrons. The zero-order chi connectivity index (χ0) is 12.4. The number of hydrogen-bond donors (Lipinski definition) is 2. The molecule has 0 saturated carbocycles. The molecule has 0 aliphatic rings. The molecule has 1 heterocycles. The van der Waals surface area contributed by atoms with Crippen molar-refractivity contribution in [3.63, 3.8) is 0 Å². The van der Waals surface area contributed by atoms with E-state index in [9.17, 15) is 4.79 Å². The second kappa shape index (κ2) is 5.00. The molecule has 0 bridgehead atoms. The van der Waals surface area contributed by atoms with E-state index < -0.39 is 5.97 Å². The largest absolute Gasteiger partial charge is 0.478 e. The highest BCUT2D eigenvalue weighted by atomic mass is 79.9. The number of halogens is 1. The van der Waals surface area contributed by atoms with Gasteiger partial charge in [0, 0.05) is 4.88 Å². The molecular weight excluding hydrogens is 302 g/mol. The van der Waals surface area contributed by atoms with E-state index in [1.807, 2.05) is 18.2 Å². The number of nitrogens with two attached hydrogens (primary N) is 1. The fourth-order valence-electron chi connectivity index (χ4n) is 1.52. The predicted molar refractivity (Wildman–Crippen MR) is 71.5 cm³/mol. The third kappa shape index (κ3) is 2.74. The highest BCUT2D eigenvalue weighted by Gasteiger charge is 2.13. The van der Waals surface area contributed by atoms with Crippen LogP contribution in [0.25, 0.3) is 0 Å². The first kappa shape index (κ1) is 12.3. The van der Waals surface area contributed by atoms with Gasteiger partial charge in [0.15, 0.2) is 0 Å². The first-order valence-corrected chi connectivity index (χ1v) is 6.53. The molecule has 17 heavy (non-hydrogen) atoms. The standard InChI is InChI=1S/C12H10BrNO2S/c13-10-5-4-9(17-10)11(14)7-2-1-3-8(6-7)12(15)16/h1-6,11H,14H2,(H,15,16). The van der Waals surface area contributed by atoms with E-state index in [1.54, 1.807) is 29.5 Å². The zero-order valence-corrected chi connectivity index (χ0v) is 11.2. The Labute approximate surface area is 111 Å². The van der Waals surface area contributed by atoms with E-state index in [4.69, 9.17) is 10.8 Å². The number of benzene rings is 1. The first-order chi connectivity index (χ1) is 8.08. The summed E-state index contributed by atoms with van der Waals surface area (Å²) in [4.78, 5) is 11.9. The second-order valence-corrected chi connectivity index (χ2v) is 6.04. The molecule has 1 aromatic heterocycles. The van der Waals surface area contributed by atoms with Crippen molar-refractivity contribution in [1.82, 2.24) is 0 Å². The van der Waals surface area contributed by atoms with E-state index in [0.717, 1.165) is 14.2 Å². The molecule has 0 spiro atoms. The lowest BCUT2D eigenvalue weighted by atomic mass is 10.0. The number of carbonyl (C=O) groups is 1. The van der Waals surface area contributed by atoms with Crippen molar-refractivity contribution in [3.8, 4) is 0 Å². The van der Waals surface area contributed by atoms with Gasteiger partial charge < -0.3 is 10.8 Å². The highest BCUT2D eigenvalue weighted by molar-refractivity contribution is 9.11. The predicted octanol–water partition coefficient (Wildman–Crippen LogP) is 3.26. The van der Waals surface area contributed by atoms with Crippen molar-refractivity contribution in [2.75, 3.05) is 0 Å². The SMILES string of the molecule is NC(c1cccc(C(=O)O)c1)c1ccc(Br)s1. The van der Waals surface area contributed by atoms with Crippen LogP contribution < -0.4 is 5.73 Å². The number of thiophene rings is 1. The highest BCUT2D eigenvalue weighted by Crippen LogP contribution is 2.29. The summed E-state index contributed by atoms with van der Waals surface area (Å²) < 4.78 is 1.01. The Kier molecular flexibility index (Phi) is 3.61. The summed E-state index contributed by atoms with van der Waals surface area (Å²) in [6, 6.07) is 10.3. The molecule has 0 amide bonds. The van der Waals surface area contributed by atoms with Gasteiger partial charge in [0.05, 0.1) is 15.4 Å². The third-order valence-electron chi connectivity index (χ3n) is 2.39.